The van der Waals surface area contributed by atoms with Crippen LogP contribution in [0.25, 0.3) is 0 Å². The van der Waals surface area contributed by atoms with Crippen LogP contribution in [0.1, 0.15) is 20.7 Å². The van der Waals surface area contributed by atoms with Crippen molar-refractivity contribution < 1.29 is 19.6 Å². The third-order valence-corrected chi connectivity index (χ3v) is 4.99. The lowest BCUT2D eigenvalue weighted by molar-refractivity contribution is -0.384. The number of carbonyl (C=O) groups excluding carboxylic acids is 2. The van der Waals surface area contributed by atoms with E-state index in [2.05, 4.69) is 5.32 Å². The molecule has 0 unspecified atom stereocenters. The van der Waals surface area contributed by atoms with Gasteiger partial charge in [-0.1, -0.05) is 36.4 Å². The van der Waals surface area contributed by atoms with E-state index in [0.717, 1.165) is 23.1 Å². The second-order valence-corrected chi connectivity index (χ2v) is 7.07. The van der Waals surface area contributed by atoms with E-state index >= 15 is 0 Å². The maximum absolute atomic E-state index is 12.5. The third kappa shape index (κ3) is 5.20. The van der Waals surface area contributed by atoms with Gasteiger partial charge in [-0.2, -0.15) is 0 Å². The summed E-state index contributed by atoms with van der Waals surface area (Å²) < 4.78 is 0. The molecule has 0 spiro atoms. The number of carbonyl (C=O) groups is 2. The SMILES string of the molecule is O=C(CSc1cccc(C(=O)Nc2cc([N+](=O)[O-])ccc2O)c1)c1ccccc1. The number of anilines is 1. The van der Waals surface area contributed by atoms with Crippen LogP contribution in [0.3, 0.4) is 0 Å². The molecule has 0 aliphatic rings. The number of phenolic OH excluding ortho intramolecular Hbond substituents is 1. The number of aromatic hydroxyl groups is 1. The summed E-state index contributed by atoms with van der Waals surface area (Å²) >= 11 is 1.30. The number of phenols is 1. The quantitative estimate of drug-likeness (QED) is 0.195. The fourth-order valence-corrected chi connectivity index (χ4v) is 3.37. The van der Waals surface area contributed by atoms with Crippen molar-refractivity contribution in [2.24, 2.45) is 0 Å². The van der Waals surface area contributed by atoms with Gasteiger partial charge in [-0.15, -0.1) is 11.8 Å². The summed E-state index contributed by atoms with van der Waals surface area (Å²) in [4.78, 5) is 35.7. The number of nitrogens with zero attached hydrogens (tertiary/aromatic N) is 1. The molecule has 3 aromatic carbocycles. The van der Waals surface area contributed by atoms with Crippen LogP contribution < -0.4 is 5.32 Å². The second kappa shape index (κ2) is 9.03. The van der Waals surface area contributed by atoms with Crippen molar-refractivity contribution in [3.63, 3.8) is 0 Å². The predicted molar refractivity (Wildman–Crippen MR) is 111 cm³/mol. The minimum absolute atomic E-state index is 0.0213. The van der Waals surface area contributed by atoms with Gasteiger partial charge < -0.3 is 10.4 Å². The van der Waals surface area contributed by atoms with E-state index in [0.29, 0.717) is 11.1 Å². The zero-order valence-electron chi connectivity index (χ0n) is 15.1. The van der Waals surface area contributed by atoms with Gasteiger partial charge in [0.25, 0.3) is 11.6 Å². The number of nitro groups is 1. The summed E-state index contributed by atoms with van der Waals surface area (Å²) in [6.45, 7) is 0. The molecule has 0 atom stereocenters. The number of nitro benzene ring substituents is 1. The van der Waals surface area contributed by atoms with Crippen molar-refractivity contribution >= 4 is 34.8 Å². The molecule has 2 N–H and O–H groups in total. The molecular formula is C21H16N2O5S. The molecule has 0 aliphatic heterocycles. The Balaban J connectivity index is 1.69. The lowest BCUT2D eigenvalue weighted by Crippen LogP contribution is -2.12. The first-order chi connectivity index (χ1) is 13.9. The number of Topliss-reactive ketones (excluding diaryl/α,β-unsaturated/α-hetero) is 1. The van der Waals surface area contributed by atoms with Crippen LogP contribution in [-0.4, -0.2) is 27.5 Å². The highest BCUT2D eigenvalue weighted by Crippen LogP contribution is 2.28. The Hall–Kier alpha value is -3.65. The highest BCUT2D eigenvalue weighted by Gasteiger charge is 2.14. The highest BCUT2D eigenvalue weighted by atomic mass is 32.2. The van der Waals surface area contributed by atoms with Crippen LogP contribution in [0, 0.1) is 10.1 Å². The van der Waals surface area contributed by atoms with Gasteiger partial charge in [0.15, 0.2) is 5.78 Å². The van der Waals surface area contributed by atoms with Gasteiger partial charge in [0.1, 0.15) is 5.75 Å². The number of hydrogen-bond donors (Lipinski definition) is 2. The first-order valence-electron chi connectivity index (χ1n) is 8.54. The van der Waals surface area contributed by atoms with Gasteiger partial charge in [-0.05, 0) is 24.3 Å². The van der Waals surface area contributed by atoms with Crippen LogP contribution in [-0.2, 0) is 0 Å². The van der Waals surface area contributed by atoms with E-state index in [9.17, 15) is 24.8 Å². The maximum Gasteiger partial charge on any atom is 0.271 e. The topological polar surface area (TPSA) is 110 Å². The molecule has 1 amide bonds. The Morgan fingerprint density at radius 3 is 2.41 bits per heavy atom. The van der Waals surface area contributed by atoms with Gasteiger partial charge in [-0.25, -0.2) is 0 Å². The summed E-state index contributed by atoms with van der Waals surface area (Å²) in [5.41, 5.74) is 0.617. The average molecular weight is 408 g/mol. The van der Waals surface area contributed by atoms with E-state index in [4.69, 9.17) is 0 Å². The van der Waals surface area contributed by atoms with Crippen molar-refractivity contribution in [3.05, 3.63) is 94.0 Å². The van der Waals surface area contributed by atoms with Crippen LogP contribution in [0.5, 0.6) is 5.75 Å². The van der Waals surface area contributed by atoms with E-state index < -0.39 is 10.8 Å². The number of amides is 1. The Kier molecular flexibility index (Phi) is 6.25. The molecule has 29 heavy (non-hydrogen) atoms. The maximum atomic E-state index is 12.5. The van der Waals surface area contributed by atoms with Crippen molar-refractivity contribution in [2.45, 2.75) is 4.90 Å². The molecule has 0 saturated heterocycles. The van der Waals surface area contributed by atoms with Crippen molar-refractivity contribution in [1.29, 1.82) is 0 Å². The Bertz CT molecular complexity index is 1070. The third-order valence-electron chi connectivity index (χ3n) is 4.00. The number of hydrogen-bond acceptors (Lipinski definition) is 6. The Morgan fingerprint density at radius 2 is 1.69 bits per heavy atom. The van der Waals surface area contributed by atoms with E-state index in [1.54, 1.807) is 48.5 Å². The van der Waals surface area contributed by atoms with Gasteiger partial charge in [-0.3, -0.25) is 19.7 Å². The molecule has 8 heteroatoms. The van der Waals surface area contributed by atoms with Crippen molar-refractivity contribution in [1.82, 2.24) is 0 Å². The smallest absolute Gasteiger partial charge is 0.271 e. The van der Waals surface area contributed by atoms with Gasteiger partial charge >= 0.3 is 0 Å². The van der Waals surface area contributed by atoms with Crippen LogP contribution in [0.4, 0.5) is 11.4 Å². The molecule has 0 radical (unpaired) electrons. The molecule has 3 rings (SSSR count). The fraction of sp³-hybridized carbons (Fsp3) is 0.0476. The lowest BCUT2D eigenvalue weighted by Gasteiger charge is -2.08. The van der Waals surface area contributed by atoms with Gasteiger partial charge in [0, 0.05) is 28.2 Å². The number of thioether (sulfide) groups is 1. The summed E-state index contributed by atoms with van der Waals surface area (Å²) in [5, 5.41) is 23.2. The zero-order valence-corrected chi connectivity index (χ0v) is 15.9. The first-order valence-corrected chi connectivity index (χ1v) is 9.52. The number of non-ortho nitro benzene ring substituents is 1. The fourth-order valence-electron chi connectivity index (χ4n) is 2.52. The number of rotatable bonds is 7. The number of benzene rings is 3. The Labute approximate surface area is 170 Å². The number of nitrogens with one attached hydrogen (secondary N) is 1. The molecular weight excluding hydrogens is 392 g/mol. The molecule has 0 saturated carbocycles. The summed E-state index contributed by atoms with van der Waals surface area (Å²) in [6.07, 6.45) is 0. The van der Waals surface area contributed by atoms with Gasteiger partial charge in [0.05, 0.1) is 16.4 Å². The van der Waals surface area contributed by atoms with E-state index in [1.807, 2.05) is 6.07 Å². The first kappa shape index (κ1) is 20.1. The molecule has 0 fully saturated rings. The number of ketones is 1. The monoisotopic (exact) mass is 408 g/mol. The van der Waals surface area contributed by atoms with Crippen LogP contribution in [0.2, 0.25) is 0 Å². The van der Waals surface area contributed by atoms with Crippen LogP contribution >= 0.6 is 11.8 Å². The average Bonchev–Trinajstić information content (AvgIpc) is 2.74. The summed E-state index contributed by atoms with van der Waals surface area (Å²) in [6, 6.07) is 19.0. The normalized spacial score (nSPS) is 10.3. The molecule has 0 bridgehead atoms. The minimum atomic E-state index is -0.615. The van der Waals surface area contributed by atoms with Crippen molar-refractivity contribution in [3.8, 4) is 5.75 Å². The minimum Gasteiger partial charge on any atom is -0.506 e. The standard InChI is InChI=1S/C21H16N2O5S/c24-19-10-9-16(23(27)28)12-18(19)22-21(26)15-7-4-8-17(11-15)29-13-20(25)14-5-2-1-3-6-14/h1-12,24H,13H2,(H,22,26). The Morgan fingerprint density at radius 1 is 0.966 bits per heavy atom. The molecule has 3 aromatic rings. The largest absolute Gasteiger partial charge is 0.506 e. The summed E-state index contributed by atoms with van der Waals surface area (Å²) in [7, 11) is 0. The molecule has 0 aromatic heterocycles. The van der Waals surface area contributed by atoms with Crippen LogP contribution in [0.15, 0.2) is 77.7 Å². The zero-order chi connectivity index (χ0) is 20.8. The van der Waals surface area contributed by atoms with E-state index in [-0.39, 0.29) is 28.7 Å². The van der Waals surface area contributed by atoms with Crippen molar-refractivity contribution in [2.75, 3.05) is 11.1 Å². The highest BCUT2D eigenvalue weighted by molar-refractivity contribution is 8.00. The molecule has 0 heterocycles. The van der Waals surface area contributed by atoms with Gasteiger partial charge in [0.2, 0.25) is 0 Å². The predicted octanol–water partition coefficient (Wildman–Crippen LogP) is 4.53. The second-order valence-electron chi connectivity index (χ2n) is 6.02. The van der Waals surface area contributed by atoms with E-state index in [1.165, 1.54) is 11.8 Å². The molecule has 7 nitrogen and oxygen atoms in total. The molecule has 0 aliphatic carbocycles. The summed E-state index contributed by atoms with van der Waals surface area (Å²) in [5.74, 6) is -0.603. The molecule has 146 valence electrons. The lowest BCUT2D eigenvalue weighted by atomic mass is 10.2.